The quantitative estimate of drug-likeness (QED) is 0.713. The summed E-state index contributed by atoms with van der Waals surface area (Å²) in [5.74, 6) is 1.16. The predicted molar refractivity (Wildman–Crippen MR) is 89.6 cm³/mol. The second kappa shape index (κ2) is 5.79. The summed E-state index contributed by atoms with van der Waals surface area (Å²) in [4.78, 5) is 17.4. The van der Waals surface area contributed by atoms with Crippen LogP contribution in [-0.4, -0.2) is 33.5 Å². The Morgan fingerprint density at radius 3 is 2.83 bits per heavy atom. The molecule has 0 bridgehead atoms. The molecule has 8 heteroatoms. The topological polar surface area (TPSA) is 70.6 Å². The van der Waals surface area contributed by atoms with Crippen molar-refractivity contribution in [2.24, 2.45) is 12.0 Å². The Bertz CT molecular complexity index is 999. The number of aromatic nitrogens is 3. The Balaban J connectivity index is 1.82. The maximum absolute atomic E-state index is 12.5. The molecule has 2 aromatic heterocycles. The van der Waals surface area contributed by atoms with Gasteiger partial charge in [-0.25, -0.2) is 0 Å². The van der Waals surface area contributed by atoms with Gasteiger partial charge >= 0.3 is 0 Å². The number of rotatable bonds is 2. The van der Waals surface area contributed by atoms with Crippen molar-refractivity contribution in [2.45, 2.75) is 13.5 Å². The van der Waals surface area contributed by atoms with Crippen LogP contribution in [0.25, 0.3) is 10.2 Å². The Morgan fingerprint density at radius 2 is 2.08 bits per heavy atom. The molecule has 0 aliphatic carbocycles. The Kier molecular flexibility index (Phi) is 3.61. The molecular formula is C16H16N4O3S. The molecule has 0 N–H and O–H groups in total. The van der Waals surface area contributed by atoms with E-state index in [-0.39, 0.29) is 5.91 Å². The van der Waals surface area contributed by atoms with E-state index in [1.54, 1.807) is 16.9 Å². The first-order chi connectivity index (χ1) is 11.7. The lowest BCUT2D eigenvalue weighted by atomic mass is 10.3. The Morgan fingerprint density at radius 1 is 1.33 bits per heavy atom. The van der Waals surface area contributed by atoms with Crippen LogP contribution < -0.4 is 14.3 Å². The molecular weight excluding hydrogens is 328 g/mol. The monoisotopic (exact) mass is 344 g/mol. The fraction of sp³-hybridized carbons (Fsp3) is 0.312. The zero-order valence-corrected chi connectivity index (χ0v) is 14.2. The maximum atomic E-state index is 12.5. The average Bonchev–Trinajstić information content (AvgIpc) is 3.18. The number of benzene rings is 1. The van der Waals surface area contributed by atoms with E-state index in [1.165, 1.54) is 11.3 Å². The predicted octanol–water partition coefficient (Wildman–Crippen LogP) is 1.97. The molecule has 0 unspecified atom stereocenters. The average molecular weight is 344 g/mol. The number of carbonyl (C=O) groups is 1. The highest BCUT2D eigenvalue weighted by Crippen LogP contribution is 2.35. The minimum atomic E-state index is -0.297. The number of carbonyl (C=O) groups excluding carboxylic acids is 1. The van der Waals surface area contributed by atoms with Crippen molar-refractivity contribution >= 4 is 27.5 Å². The van der Waals surface area contributed by atoms with Crippen LogP contribution in [0.3, 0.4) is 0 Å². The van der Waals surface area contributed by atoms with E-state index in [4.69, 9.17) is 9.47 Å². The van der Waals surface area contributed by atoms with E-state index in [1.807, 2.05) is 30.7 Å². The number of fused-ring (bicyclic) bond motifs is 2. The molecule has 7 nitrogen and oxygen atoms in total. The summed E-state index contributed by atoms with van der Waals surface area (Å²) < 4.78 is 15.8. The summed E-state index contributed by atoms with van der Waals surface area (Å²) in [5, 5.41) is 4.11. The molecule has 1 aliphatic rings. The van der Waals surface area contributed by atoms with E-state index < -0.39 is 0 Å². The third-order valence-electron chi connectivity index (χ3n) is 3.91. The summed E-state index contributed by atoms with van der Waals surface area (Å²) in [6.45, 7) is 3.66. The first-order valence-electron chi connectivity index (χ1n) is 7.67. The van der Waals surface area contributed by atoms with Crippen LogP contribution >= 0.6 is 11.3 Å². The lowest BCUT2D eigenvalue weighted by Gasteiger charge is -2.18. The van der Waals surface area contributed by atoms with E-state index in [9.17, 15) is 4.79 Å². The lowest BCUT2D eigenvalue weighted by Crippen LogP contribution is -2.16. The number of hydrogen-bond acceptors (Lipinski definition) is 5. The van der Waals surface area contributed by atoms with Gasteiger partial charge in [-0.3, -0.25) is 9.48 Å². The number of aryl methyl sites for hydroxylation is 2. The summed E-state index contributed by atoms with van der Waals surface area (Å²) in [6.07, 6.45) is 1.61. The summed E-state index contributed by atoms with van der Waals surface area (Å²) in [7, 11) is 1.89. The third-order valence-corrected chi connectivity index (χ3v) is 5.00. The largest absolute Gasteiger partial charge is 0.486 e. The van der Waals surface area contributed by atoms with E-state index in [2.05, 4.69) is 10.1 Å². The standard InChI is InChI=1S/C16H16N4O3S/c1-3-20-10(4-5-17-20)15(21)18-16-19(2)11-8-12-13(9-14(11)24-16)23-7-6-22-12/h4-5,8-9H,3,6-7H2,1-2H3. The molecule has 0 atom stereocenters. The van der Waals surface area contributed by atoms with E-state index >= 15 is 0 Å². The van der Waals surface area contributed by atoms with Crippen LogP contribution in [0.4, 0.5) is 0 Å². The van der Waals surface area contributed by atoms with Crippen molar-refractivity contribution in [1.82, 2.24) is 14.3 Å². The molecule has 24 heavy (non-hydrogen) atoms. The van der Waals surface area contributed by atoms with Gasteiger partial charge in [-0.15, -0.1) is 0 Å². The first-order valence-corrected chi connectivity index (χ1v) is 8.49. The molecule has 1 aromatic carbocycles. The minimum Gasteiger partial charge on any atom is -0.486 e. The van der Waals surface area contributed by atoms with Gasteiger partial charge in [-0.05, 0) is 13.0 Å². The zero-order chi connectivity index (χ0) is 16.7. The summed E-state index contributed by atoms with van der Waals surface area (Å²) in [6, 6.07) is 5.55. The van der Waals surface area contributed by atoms with Gasteiger partial charge in [0.25, 0.3) is 5.91 Å². The van der Waals surface area contributed by atoms with Gasteiger partial charge < -0.3 is 14.0 Å². The van der Waals surface area contributed by atoms with E-state index in [0.29, 0.717) is 30.3 Å². The van der Waals surface area contributed by atoms with Crippen molar-refractivity contribution in [2.75, 3.05) is 13.2 Å². The molecule has 0 radical (unpaired) electrons. The fourth-order valence-corrected chi connectivity index (χ4v) is 3.71. The van der Waals surface area contributed by atoms with E-state index in [0.717, 1.165) is 21.7 Å². The van der Waals surface area contributed by atoms with Gasteiger partial charge in [-0.1, -0.05) is 11.3 Å². The molecule has 1 amide bonds. The summed E-state index contributed by atoms with van der Waals surface area (Å²) in [5.41, 5.74) is 1.45. The number of nitrogens with zero attached hydrogens (tertiary/aromatic N) is 4. The second-order valence-corrected chi connectivity index (χ2v) is 6.37. The zero-order valence-electron chi connectivity index (χ0n) is 13.4. The highest BCUT2D eigenvalue weighted by atomic mass is 32.1. The highest BCUT2D eigenvalue weighted by molar-refractivity contribution is 7.16. The molecule has 1 aliphatic heterocycles. The maximum Gasteiger partial charge on any atom is 0.297 e. The van der Waals surface area contributed by atoms with Gasteiger partial charge in [0.1, 0.15) is 18.9 Å². The minimum absolute atomic E-state index is 0.297. The molecule has 124 valence electrons. The molecule has 3 heterocycles. The van der Waals surface area contributed by atoms with Crippen molar-refractivity contribution < 1.29 is 14.3 Å². The van der Waals surface area contributed by atoms with Crippen LogP contribution in [0.5, 0.6) is 11.5 Å². The third kappa shape index (κ3) is 2.39. The molecule has 0 spiro atoms. The normalized spacial score (nSPS) is 14.3. The van der Waals surface area contributed by atoms with Crippen LogP contribution in [-0.2, 0) is 13.6 Å². The van der Waals surface area contributed by atoms with Gasteiger partial charge in [-0.2, -0.15) is 10.1 Å². The van der Waals surface area contributed by atoms with Crippen molar-refractivity contribution in [1.29, 1.82) is 0 Å². The molecule has 0 saturated heterocycles. The SMILES string of the molecule is CCn1nccc1C(=O)N=c1sc2cc3c(cc2n1C)OCCO3. The van der Waals surface area contributed by atoms with Crippen molar-refractivity contribution in [3.8, 4) is 11.5 Å². The molecule has 0 saturated carbocycles. The smallest absolute Gasteiger partial charge is 0.297 e. The van der Waals surface area contributed by atoms with Gasteiger partial charge in [0.2, 0.25) is 0 Å². The number of ether oxygens (including phenoxy) is 2. The fourth-order valence-electron chi connectivity index (χ4n) is 2.68. The Labute approximate surface area is 141 Å². The van der Waals surface area contributed by atoms with Crippen molar-refractivity contribution in [3.63, 3.8) is 0 Å². The summed E-state index contributed by atoms with van der Waals surface area (Å²) >= 11 is 1.45. The molecule has 0 fully saturated rings. The van der Waals surface area contributed by atoms with Crippen LogP contribution in [0.1, 0.15) is 17.4 Å². The molecule has 3 aromatic rings. The van der Waals surface area contributed by atoms with Crippen LogP contribution in [0, 0.1) is 0 Å². The number of thiazole rings is 1. The van der Waals surface area contributed by atoms with Crippen LogP contribution in [0.2, 0.25) is 0 Å². The Hall–Kier alpha value is -2.61. The second-order valence-electron chi connectivity index (χ2n) is 5.36. The van der Waals surface area contributed by atoms with Gasteiger partial charge in [0.15, 0.2) is 16.3 Å². The lowest BCUT2D eigenvalue weighted by molar-refractivity contribution is 0.0988. The van der Waals surface area contributed by atoms with Gasteiger partial charge in [0.05, 0.1) is 10.2 Å². The van der Waals surface area contributed by atoms with Crippen LogP contribution in [0.15, 0.2) is 29.4 Å². The molecule has 4 rings (SSSR count). The first kappa shape index (κ1) is 14.9. The number of amides is 1. The van der Waals surface area contributed by atoms with Gasteiger partial charge in [0, 0.05) is 31.9 Å². The van der Waals surface area contributed by atoms with Crippen molar-refractivity contribution in [3.05, 3.63) is 34.9 Å². The number of hydrogen-bond donors (Lipinski definition) is 0. The highest BCUT2D eigenvalue weighted by Gasteiger charge is 2.16.